The zero-order valence-electron chi connectivity index (χ0n) is 36.8. The smallest absolute Gasteiger partial charge is 0.143 e. The van der Waals surface area contributed by atoms with Gasteiger partial charge in [0.05, 0.1) is 11.1 Å². The van der Waals surface area contributed by atoms with Crippen LogP contribution in [0.1, 0.15) is 22.3 Å². The molecule has 0 atom stereocenters. The van der Waals surface area contributed by atoms with Gasteiger partial charge >= 0.3 is 0 Å². The molecule has 0 radical (unpaired) electrons. The van der Waals surface area contributed by atoms with Crippen molar-refractivity contribution in [3.05, 3.63) is 259 Å². The lowest BCUT2D eigenvalue weighted by atomic mass is 9.70. The lowest BCUT2D eigenvalue weighted by molar-refractivity contribution is 0.670. The molecule has 0 unspecified atom stereocenters. The molecule has 0 fully saturated rings. The lowest BCUT2D eigenvalue weighted by Crippen LogP contribution is -2.26. The summed E-state index contributed by atoms with van der Waals surface area (Å²) in [5.41, 5.74) is 19.6. The van der Waals surface area contributed by atoms with Crippen LogP contribution < -0.4 is 4.90 Å². The fourth-order valence-electron chi connectivity index (χ4n) is 12.0. The van der Waals surface area contributed by atoms with Gasteiger partial charge in [-0.2, -0.15) is 0 Å². The van der Waals surface area contributed by atoms with Gasteiger partial charge in [-0.05, 0) is 115 Å². The van der Waals surface area contributed by atoms with E-state index in [0.29, 0.717) is 0 Å². The van der Waals surface area contributed by atoms with Crippen molar-refractivity contribution in [2.45, 2.75) is 5.41 Å². The van der Waals surface area contributed by atoms with Crippen LogP contribution >= 0.6 is 11.3 Å². The van der Waals surface area contributed by atoms with Crippen LogP contribution in [-0.2, 0) is 5.41 Å². The van der Waals surface area contributed by atoms with E-state index in [2.05, 4.69) is 241 Å². The number of furan rings is 1. The van der Waals surface area contributed by atoms with E-state index in [1.165, 1.54) is 86.6 Å². The molecule has 0 saturated carbocycles. The first-order chi connectivity index (χ1) is 33.7. The number of benzene rings is 11. The number of hydrogen-bond donors (Lipinski definition) is 0. The van der Waals surface area contributed by atoms with E-state index in [9.17, 15) is 0 Å². The molecule has 3 heteroatoms. The minimum Gasteiger partial charge on any atom is -0.455 e. The fraction of sp³-hybridized carbons (Fsp3) is 0.0154. The third kappa shape index (κ3) is 5.17. The summed E-state index contributed by atoms with van der Waals surface area (Å²) in [4.78, 5) is 2.47. The predicted molar refractivity (Wildman–Crippen MR) is 286 cm³/mol. The Morgan fingerprint density at radius 2 is 0.897 bits per heavy atom. The maximum Gasteiger partial charge on any atom is 0.143 e. The molecule has 316 valence electrons. The van der Waals surface area contributed by atoms with Crippen molar-refractivity contribution in [2.75, 3.05) is 4.90 Å². The topological polar surface area (TPSA) is 16.4 Å². The van der Waals surface area contributed by atoms with Gasteiger partial charge in [0.2, 0.25) is 0 Å². The zero-order valence-corrected chi connectivity index (χ0v) is 37.6. The average Bonchev–Trinajstić information content (AvgIpc) is 4.14. The van der Waals surface area contributed by atoms with Crippen LogP contribution in [0.5, 0.6) is 0 Å². The molecule has 2 aliphatic carbocycles. The summed E-state index contributed by atoms with van der Waals surface area (Å²) in [5, 5.41) is 7.23. The minimum absolute atomic E-state index is 0.476. The first-order valence-electron chi connectivity index (χ1n) is 23.4. The maximum atomic E-state index is 6.92. The molecule has 15 rings (SSSR count). The molecule has 0 bridgehead atoms. The van der Waals surface area contributed by atoms with Gasteiger partial charge in [0, 0.05) is 53.4 Å². The number of nitrogens with zero attached hydrogens (tertiary/aromatic N) is 1. The van der Waals surface area contributed by atoms with Gasteiger partial charge in [0.25, 0.3) is 0 Å². The van der Waals surface area contributed by atoms with Crippen molar-refractivity contribution >= 4 is 81.3 Å². The second-order valence-electron chi connectivity index (χ2n) is 18.3. The van der Waals surface area contributed by atoms with E-state index < -0.39 is 5.41 Å². The zero-order chi connectivity index (χ0) is 44.5. The average molecular weight is 882 g/mol. The number of thiophene rings is 1. The molecule has 0 N–H and O–H groups in total. The summed E-state index contributed by atoms with van der Waals surface area (Å²) in [7, 11) is 0. The molecule has 0 amide bonds. The first kappa shape index (κ1) is 37.7. The fourth-order valence-corrected chi connectivity index (χ4v) is 13.2. The third-order valence-electron chi connectivity index (χ3n) is 14.9. The molecule has 0 saturated heterocycles. The summed E-state index contributed by atoms with van der Waals surface area (Å²) in [5.74, 6) is 0. The number of anilines is 3. The van der Waals surface area contributed by atoms with E-state index in [4.69, 9.17) is 4.42 Å². The van der Waals surface area contributed by atoms with Crippen molar-refractivity contribution in [2.24, 2.45) is 0 Å². The van der Waals surface area contributed by atoms with E-state index in [1.807, 2.05) is 11.3 Å². The Morgan fingerprint density at radius 3 is 1.63 bits per heavy atom. The molecule has 2 aliphatic rings. The van der Waals surface area contributed by atoms with E-state index in [1.54, 1.807) is 0 Å². The van der Waals surface area contributed by atoms with Gasteiger partial charge in [-0.15, -0.1) is 11.3 Å². The van der Waals surface area contributed by atoms with Crippen LogP contribution in [0.4, 0.5) is 17.1 Å². The summed E-state index contributed by atoms with van der Waals surface area (Å²) in [6.07, 6.45) is 0. The quantitative estimate of drug-likeness (QED) is 0.171. The molecule has 2 heterocycles. The molecule has 1 spiro atoms. The molecular formula is C65H39NOS. The Hall–Kier alpha value is -8.50. The molecule has 13 aromatic rings. The number of rotatable bonds is 5. The highest BCUT2D eigenvalue weighted by atomic mass is 32.1. The van der Waals surface area contributed by atoms with Gasteiger partial charge in [0.15, 0.2) is 0 Å². The van der Waals surface area contributed by atoms with Gasteiger partial charge in [-0.25, -0.2) is 0 Å². The Morgan fingerprint density at radius 1 is 0.353 bits per heavy atom. The van der Waals surface area contributed by atoms with Crippen molar-refractivity contribution < 1.29 is 4.42 Å². The standard InChI is InChI=1S/C65H39NOS/c1-2-16-42-38-61-55(37-41(42)15-1)53-24-14-23-52(63(53)67-61)50-20-6-11-29-60(50)66(43-33-31-40(32-34-43)45-22-13-25-54-51-21-7-12-30-62(51)68-64(45)54)44-35-36-49-48-19-5-10-28-58(48)65(59(49)39-44)56-26-8-3-17-46(56)47-18-4-9-27-57(47)65/h1-39H. The third-order valence-corrected chi connectivity index (χ3v) is 16.1. The number of para-hydroxylation sites is 2. The van der Waals surface area contributed by atoms with Crippen LogP contribution in [-0.4, -0.2) is 0 Å². The monoisotopic (exact) mass is 881 g/mol. The number of fused-ring (bicyclic) bond motifs is 17. The molecule has 0 aliphatic heterocycles. The van der Waals surface area contributed by atoms with E-state index in [-0.39, 0.29) is 0 Å². The van der Waals surface area contributed by atoms with Crippen molar-refractivity contribution in [1.29, 1.82) is 0 Å². The molecule has 11 aromatic carbocycles. The largest absolute Gasteiger partial charge is 0.455 e. The molecule has 68 heavy (non-hydrogen) atoms. The Bertz CT molecular complexity index is 4160. The van der Waals surface area contributed by atoms with Gasteiger partial charge in [-0.1, -0.05) is 188 Å². The number of hydrogen-bond acceptors (Lipinski definition) is 3. The van der Waals surface area contributed by atoms with Crippen molar-refractivity contribution in [3.63, 3.8) is 0 Å². The highest BCUT2D eigenvalue weighted by Gasteiger charge is 2.51. The maximum absolute atomic E-state index is 6.92. The SMILES string of the molecule is c1ccc(N(c2ccc(-c3cccc4c3sc3ccccc34)cc2)c2ccc3c(c2)C2(c4ccccc4-c4ccccc42)c2ccccc2-3)c(-c2cccc3c2oc2cc4ccccc4cc23)c1. The minimum atomic E-state index is -0.476. The van der Waals surface area contributed by atoms with E-state index in [0.717, 1.165) is 50.1 Å². The molecule has 2 nitrogen and oxygen atoms in total. The summed E-state index contributed by atoms with van der Waals surface area (Å²) in [6.45, 7) is 0. The Balaban J connectivity index is 0.968. The Labute approximate surface area is 397 Å². The predicted octanol–water partition coefficient (Wildman–Crippen LogP) is 18.3. The summed E-state index contributed by atoms with van der Waals surface area (Å²) in [6, 6.07) is 87.5. The second kappa shape index (κ2) is 14.3. The van der Waals surface area contributed by atoms with Gasteiger partial charge in [-0.3, -0.25) is 0 Å². The van der Waals surface area contributed by atoms with Gasteiger partial charge < -0.3 is 9.32 Å². The van der Waals surface area contributed by atoms with Crippen molar-refractivity contribution in [3.8, 4) is 44.5 Å². The van der Waals surface area contributed by atoms with Crippen LogP contribution in [0.25, 0.3) is 97.4 Å². The molecule has 2 aromatic heterocycles. The highest BCUT2D eigenvalue weighted by Crippen LogP contribution is 2.63. The van der Waals surface area contributed by atoms with Crippen LogP contribution in [0.3, 0.4) is 0 Å². The van der Waals surface area contributed by atoms with Crippen LogP contribution in [0.15, 0.2) is 241 Å². The highest BCUT2D eigenvalue weighted by molar-refractivity contribution is 7.26. The summed E-state index contributed by atoms with van der Waals surface area (Å²) < 4.78 is 9.55. The normalized spacial score (nSPS) is 13.1. The van der Waals surface area contributed by atoms with Gasteiger partial charge in [0.1, 0.15) is 11.2 Å². The van der Waals surface area contributed by atoms with Crippen molar-refractivity contribution in [1.82, 2.24) is 0 Å². The van der Waals surface area contributed by atoms with Crippen LogP contribution in [0, 0.1) is 0 Å². The second-order valence-corrected chi connectivity index (χ2v) is 19.3. The lowest BCUT2D eigenvalue weighted by Gasteiger charge is -2.32. The summed E-state index contributed by atoms with van der Waals surface area (Å²) >= 11 is 1.88. The van der Waals surface area contributed by atoms with Crippen LogP contribution in [0.2, 0.25) is 0 Å². The Kier molecular flexibility index (Phi) is 7.90. The first-order valence-corrected chi connectivity index (χ1v) is 24.2. The van der Waals surface area contributed by atoms with E-state index >= 15 is 0 Å². The molecular weight excluding hydrogens is 843 g/mol.